The van der Waals surface area contributed by atoms with E-state index in [0.717, 1.165) is 11.0 Å². The van der Waals surface area contributed by atoms with E-state index in [1.807, 2.05) is 72.7 Å². The van der Waals surface area contributed by atoms with Gasteiger partial charge in [0, 0.05) is 6.42 Å². The van der Waals surface area contributed by atoms with Crippen LogP contribution in [0.1, 0.15) is 60.5 Å². The Bertz CT molecular complexity index is 586. The zero-order valence-electron chi connectivity index (χ0n) is 15.9. The molecule has 5 heteroatoms. The summed E-state index contributed by atoms with van der Waals surface area (Å²) in [4.78, 5) is 11.9. The first-order valence-corrected chi connectivity index (χ1v) is 8.56. The lowest BCUT2D eigenvalue weighted by molar-refractivity contribution is -0.154. The van der Waals surface area contributed by atoms with Crippen LogP contribution >= 0.6 is 0 Å². The van der Waals surface area contributed by atoms with Gasteiger partial charge >= 0.3 is 13.1 Å². The quantitative estimate of drug-likeness (QED) is 0.627. The van der Waals surface area contributed by atoms with Crippen LogP contribution in [0.5, 0.6) is 0 Å². The van der Waals surface area contributed by atoms with Gasteiger partial charge in [0.1, 0.15) is 5.60 Å². The molecule has 0 spiro atoms. The van der Waals surface area contributed by atoms with Crippen molar-refractivity contribution in [3.63, 3.8) is 0 Å². The molecule has 0 atom stereocenters. The lowest BCUT2D eigenvalue weighted by atomic mass is 9.78. The van der Waals surface area contributed by atoms with Gasteiger partial charge in [0.2, 0.25) is 0 Å². The highest BCUT2D eigenvalue weighted by molar-refractivity contribution is 6.62. The molecule has 1 fully saturated rings. The number of ether oxygens (including phenoxy) is 1. The Labute approximate surface area is 146 Å². The molecule has 0 aromatic heterocycles. The summed E-state index contributed by atoms with van der Waals surface area (Å²) in [5.41, 5.74) is 0.902. The van der Waals surface area contributed by atoms with Crippen molar-refractivity contribution in [1.29, 1.82) is 0 Å². The lowest BCUT2D eigenvalue weighted by Gasteiger charge is -2.32. The zero-order chi connectivity index (χ0) is 18.2. The minimum Gasteiger partial charge on any atom is -0.460 e. The van der Waals surface area contributed by atoms with Crippen LogP contribution in [0.4, 0.5) is 0 Å². The molecule has 0 unspecified atom stereocenters. The van der Waals surface area contributed by atoms with Crippen LogP contribution < -0.4 is 5.46 Å². The summed E-state index contributed by atoms with van der Waals surface area (Å²) < 4.78 is 17.5. The summed E-state index contributed by atoms with van der Waals surface area (Å²) in [6.07, 6.45) is 1.01. The van der Waals surface area contributed by atoms with E-state index in [4.69, 9.17) is 14.0 Å². The molecule has 0 saturated carbocycles. The van der Waals surface area contributed by atoms with Crippen molar-refractivity contribution in [2.45, 2.75) is 78.1 Å². The van der Waals surface area contributed by atoms with Gasteiger partial charge in [-0.25, -0.2) is 0 Å². The van der Waals surface area contributed by atoms with Gasteiger partial charge in [-0.15, -0.1) is 0 Å². The van der Waals surface area contributed by atoms with Crippen molar-refractivity contribution in [2.24, 2.45) is 0 Å². The Morgan fingerprint density at radius 2 is 1.71 bits per heavy atom. The molecule has 0 amide bonds. The third kappa shape index (κ3) is 4.61. The molecule has 2 rings (SSSR count). The minimum absolute atomic E-state index is 0.177. The molecule has 1 heterocycles. The van der Waals surface area contributed by atoms with Crippen molar-refractivity contribution >= 4 is 18.6 Å². The Balaban J connectivity index is 2.01. The Kier molecular flexibility index (Phi) is 5.17. The summed E-state index contributed by atoms with van der Waals surface area (Å²) in [7, 11) is -0.378. The molecule has 24 heavy (non-hydrogen) atoms. The fourth-order valence-electron chi connectivity index (χ4n) is 2.51. The number of benzene rings is 1. The standard InChI is InChI=1S/C19H29BO4/c1-17(2,3)22-16(21)12-11-14-9-8-10-15(13-14)20-23-18(4,5)19(6,7)24-20/h8-10,13H,11-12H2,1-7H3. The first-order chi connectivity index (χ1) is 10.9. The summed E-state index contributed by atoms with van der Waals surface area (Å²) in [5.74, 6) is -0.177. The Morgan fingerprint density at radius 3 is 2.25 bits per heavy atom. The van der Waals surface area contributed by atoms with Crippen LogP contribution in [-0.2, 0) is 25.3 Å². The van der Waals surface area contributed by atoms with Crippen molar-refractivity contribution in [3.05, 3.63) is 29.8 Å². The smallest absolute Gasteiger partial charge is 0.460 e. The van der Waals surface area contributed by atoms with E-state index in [0.29, 0.717) is 12.8 Å². The van der Waals surface area contributed by atoms with E-state index in [-0.39, 0.29) is 24.3 Å². The van der Waals surface area contributed by atoms with Gasteiger partial charge < -0.3 is 14.0 Å². The highest BCUT2D eigenvalue weighted by Crippen LogP contribution is 2.36. The third-order valence-electron chi connectivity index (χ3n) is 4.51. The number of carbonyl (C=O) groups is 1. The molecule has 1 aliphatic heterocycles. The van der Waals surface area contributed by atoms with E-state index in [1.54, 1.807) is 0 Å². The van der Waals surface area contributed by atoms with Gasteiger partial charge in [0.25, 0.3) is 0 Å². The van der Waals surface area contributed by atoms with Gasteiger partial charge in [-0.2, -0.15) is 0 Å². The predicted octanol–water partition coefficient (Wildman–Crippen LogP) is 3.26. The summed E-state index contributed by atoms with van der Waals surface area (Å²) in [6, 6.07) is 8.04. The van der Waals surface area contributed by atoms with Crippen molar-refractivity contribution in [1.82, 2.24) is 0 Å². The molecule has 0 N–H and O–H groups in total. The average Bonchev–Trinajstić information content (AvgIpc) is 2.64. The van der Waals surface area contributed by atoms with Crippen molar-refractivity contribution < 1.29 is 18.8 Å². The van der Waals surface area contributed by atoms with Crippen LogP contribution in [0.2, 0.25) is 0 Å². The normalized spacial score (nSPS) is 19.4. The topological polar surface area (TPSA) is 44.8 Å². The molecule has 1 aromatic carbocycles. The first kappa shape index (κ1) is 19.0. The average molecular weight is 332 g/mol. The van der Waals surface area contributed by atoms with E-state index in [2.05, 4.69) is 0 Å². The first-order valence-electron chi connectivity index (χ1n) is 8.56. The Hall–Kier alpha value is -1.33. The van der Waals surface area contributed by atoms with Crippen LogP contribution in [-0.4, -0.2) is 29.9 Å². The lowest BCUT2D eigenvalue weighted by Crippen LogP contribution is -2.41. The van der Waals surface area contributed by atoms with E-state index in [9.17, 15) is 4.79 Å². The molecule has 0 aliphatic carbocycles. The monoisotopic (exact) mass is 332 g/mol. The van der Waals surface area contributed by atoms with Crippen molar-refractivity contribution in [2.75, 3.05) is 0 Å². The van der Waals surface area contributed by atoms with Gasteiger partial charge in [-0.05, 0) is 65.9 Å². The number of aryl methyl sites for hydroxylation is 1. The molecule has 1 aliphatic rings. The SMILES string of the molecule is CC(C)(C)OC(=O)CCc1cccc(B2OC(C)(C)C(C)(C)O2)c1. The maximum Gasteiger partial charge on any atom is 0.494 e. The molecular formula is C19H29BO4. The summed E-state index contributed by atoms with van der Waals surface area (Å²) in [6.45, 7) is 13.8. The second kappa shape index (κ2) is 6.53. The predicted molar refractivity (Wildman–Crippen MR) is 96.3 cm³/mol. The molecular weight excluding hydrogens is 303 g/mol. The van der Waals surface area contributed by atoms with Gasteiger partial charge in [0.15, 0.2) is 0 Å². The number of esters is 1. The van der Waals surface area contributed by atoms with Crippen LogP contribution in [0.3, 0.4) is 0 Å². The third-order valence-corrected chi connectivity index (χ3v) is 4.51. The van der Waals surface area contributed by atoms with Crippen LogP contribution in [0.15, 0.2) is 24.3 Å². The largest absolute Gasteiger partial charge is 0.494 e. The molecule has 132 valence electrons. The fraction of sp³-hybridized carbons (Fsp3) is 0.632. The van der Waals surface area contributed by atoms with Crippen LogP contribution in [0, 0.1) is 0 Å². The van der Waals surface area contributed by atoms with E-state index in [1.165, 1.54) is 0 Å². The fourth-order valence-corrected chi connectivity index (χ4v) is 2.51. The maximum atomic E-state index is 11.9. The number of hydrogen-bond acceptors (Lipinski definition) is 4. The zero-order valence-corrected chi connectivity index (χ0v) is 15.9. The second-order valence-electron chi connectivity index (χ2n) is 8.42. The second-order valence-corrected chi connectivity index (χ2v) is 8.42. The number of hydrogen-bond donors (Lipinski definition) is 0. The number of rotatable bonds is 4. The summed E-state index contributed by atoms with van der Waals surface area (Å²) in [5, 5.41) is 0. The molecule has 1 aromatic rings. The van der Waals surface area contributed by atoms with Gasteiger partial charge in [0.05, 0.1) is 11.2 Å². The number of carbonyl (C=O) groups excluding carboxylic acids is 1. The minimum atomic E-state index is -0.443. The highest BCUT2D eigenvalue weighted by Gasteiger charge is 2.51. The Morgan fingerprint density at radius 1 is 1.12 bits per heavy atom. The molecule has 0 radical (unpaired) electrons. The molecule has 4 nitrogen and oxygen atoms in total. The molecule has 1 saturated heterocycles. The highest BCUT2D eigenvalue weighted by atomic mass is 16.7. The van der Waals surface area contributed by atoms with E-state index >= 15 is 0 Å². The van der Waals surface area contributed by atoms with Crippen molar-refractivity contribution in [3.8, 4) is 0 Å². The van der Waals surface area contributed by atoms with Crippen LogP contribution in [0.25, 0.3) is 0 Å². The van der Waals surface area contributed by atoms with Gasteiger partial charge in [-0.1, -0.05) is 24.3 Å². The van der Waals surface area contributed by atoms with E-state index < -0.39 is 5.60 Å². The molecule has 0 bridgehead atoms. The van der Waals surface area contributed by atoms with Gasteiger partial charge in [-0.3, -0.25) is 4.79 Å². The summed E-state index contributed by atoms with van der Waals surface area (Å²) >= 11 is 0. The maximum absolute atomic E-state index is 11.9.